The maximum atomic E-state index is 12.8. The van der Waals surface area contributed by atoms with E-state index in [0.29, 0.717) is 18.4 Å². The zero-order chi connectivity index (χ0) is 12.1. The van der Waals surface area contributed by atoms with Gasteiger partial charge in [0, 0.05) is 12.5 Å². The molecule has 0 aliphatic carbocycles. The number of hydrogen-bond donors (Lipinski definition) is 1. The summed E-state index contributed by atoms with van der Waals surface area (Å²) in [4.78, 5) is 11.3. The lowest BCUT2D eigenvalue weighted by molar-refractivity contribution is -0.132. The van der Waals surface area contributed by atoms with Crippen molar-refractivity contribution < 1.29 is 13.6 Å². The maximum absolute atomic E-state index is 12.8. The third-order valence-corrected chi connectivity index (χ3v) is 2.06. The van der Waals surface area contributed by atoms with Crippen LogP contribution in [0.3, 0.4) is 0 Å². The molecule has 1 amide bonds. The standard InChI is InChI=1S/C11H14F2N2O/c1-2-3-11(16)15(14)7-8-4-9(12)6-10(13)5-8/h4-6H,2-3,7,14H2,1H3. The van der Waals surface area contributed by atoms with Gasteiger partial charge in [0.05, 0.1) is 6.54 Å². The second-order valence-electron chi connectivity index (χ2n) is 3.55. The predicted molar refractivity (Wildman–Crippen MR) is 56.0 cm³/mol. The van der Waals surface area contributed by atoms with Crippen LogP contribution in [0.5, 0.6) is 0 Å². The summed E-state index contributed by atoms with van der Waals surface area (Å²) in [7, 11) is 0. The molecule has 3 nitrogen and oxygen atoms in total. The number of benzene rings is 1. The summed E-state index contributed by atoms with van der Waals surface area (Å²) in [5.74, 6) is 3.88. The van der Waals surface area contributed by atoms with Crippen molar-refractivity contribution in [3.8, 4) is 0 Å². The van der Waals surface area contributed by atoms with Crippen molar-refractivity contribution in [1.29, 1.82) is 0 Å². The monoisotopic (exact) mass is 228 g/mol. The average molecular weight is 228 g/mol. The van der Waals surface area contributed by atoms with Crippen LogP contribution in [-0.2, 0) is 11.3 Å². The van der Waals surface area contributed by atoms with Gasteiger partial charge in [-0.25, -0.2) is 14.6 Å². The molecule has 0 saturated carbocycles. The Morgan fingerprint density at radius 1 is 1.31 bits per heavy atom. The third kappa shape index (κ3) is 3.58. The quantitative estimate of drug-likeness (QED) is 0.486. The molecule has 0 saturated heterocycles. The van der Waals surface area contributed by atoms with E-state index in [0.717, 1.165) is 23.2 Å². The van der Waals surface area contributed by atoms with Crippen LogP contribution in [0.25, 0.3) is 0 Å². The summed E-state index contributed by atoms with van der Waals surface area (Å²) in [5, 5.41) is 0.970. The molecule has 0 radical (unpaired) electrons. The molecular weight excluding hydrogens is 214 g/mol. The van der Waals surface area contributed by atoms with Crippen LogP contribution in [0, 0.1) is 11.6 Å². The van der Waals surface area contributed by atoms with E-state index in [2.05, 4.69) is 0 Å². The Labute approximate surface area is 92.8 Å². The van der Waals surface area contributed by atoms with Gasteiger partial charge in [0.15, 0.2) is 0 Å². The van der Waals surface area contributed by atoms with E-state index < -0.39 is 11.6 Å². The molecule has 5 heteroatoms. The first kappa shape index (κ1) is 12.6. The van der Waals surface area contributed by atoms with Gasteiger partial charge in [-0.2, -0.15) is 0 Å². The topological polar surface area (TPSA) is 46.3 Å². The van der Waals surface area contributed by atoms with Crippen molar-refractivity contribution in [3.63, 3.8) is 0 Å². The molecule has 0 fully saturated rings. The molecule has 88 valence electrons. The second-order valence-corrected chi connectivity index (χ2v) is 3.55. The summed E-state index contributed by atoms with van der Waals surface area (Å²) < 4.78 is 25.7. The molecule has 2 N–H and O–H groups in total. The second kappa shape index (κ2) is 5.55. The fourth-order valence-electron chi connectivity index (χ4n) is 1.34. The minimum atomic E-state index is -0.675. The highest BCUT2D eigenvalue weighted by atomic mass is 19.1. The Hall–Kier alpha value is -1.49. The largest absolute Gasteiger partial charge is 0.276 e. The van der Waals surface area contributed by atoms with Gasteiger partial charge in [-0.15, -0.1) is 0 Å². The first-order chi connectivity index (χ1) is 7.52. The van der Waals surface area contributed by atoms with E-state index in [4.69, 9.17) is 5.84 Å². The first-order valence-corrected chi connectivity index (χ1v) is 5.03. The highest BCUT2D eigenvalue weighted by Gasteiger charge is 2.10. The van der Waals surface area contributed by atoms with Crippen LogP contribution in [-0.4, -0.2) is 10.9 Å². The van der Waals surface area contributed by atoms with E-state index in [1.807, 2.05) is 6.92 Å². The van der Waals surface area contributed by atoms with Crippen LogP contribution in [0.1, 0.15) is 25.3 Å². The number of amides is 1. The lowest BCUT2D eigenvalue weighted by Gasteiger charge is -2.16. The lowest BCUT2D eigenvalue weighted by atomic mass is 10.2. The average Bonchev–Trinajstić information content (AvgIpc) is 2.16. The fraction of sp³-hybridized carbons (Fsp3) is 0.364. The van der Waals surface area contributed by atoms with E-state index in [1.165, 1.54) is 0 Å². The highest BCUT2D eigenvalue weighted by Crippen LogP contribution is 2.09. The van der Waals surface area contributed by atoms with E-state index in [1.54, 1.807) is 0 Å². The van der Waals surface area contributed by atoms with Crippen LogP contribution in [0.4, 0.5) is 8.78 Å². The van der Waals surface area contributed by atoms with E-state index in [-0.39, 0.29) is 12.5 Å². The maximum Gasteiger partial charge on any atom is 0.236 e. The van der Waals surface area contributed by atoms with Crippen molar-refractivity contribution in [2.24, 2.45) is 5.84 Å². The normalized spacial score (nSPS) is 10.2. The van der Waals surface area contributed by atoms with Crippen molar-refractivity contribution >= 4 is 5.91 Å². The van der Waals surface area contributed by atoms with Crippen LogP contribution < -0.4 is 5.84 Å². The number of carbonyl (C=O) groups excluding carboxylic acids is 1. The number of carbonyl (C=O) groups is 1. The molecule has 1 aromatic carbocycles. The molecule has 0 heterocycles. The molecular formula is C11H14F2N2O. The summed E-state index contributed by atoms with van der Waals surface area (Å²) in [6.07, 6.45) is 1.01. The zero-order valence-corrected chi connectivity index (χ0v) is 9.04. The number of rotatable bonds is 4. The minimum absolute atomic E-state index is 0.00745. The molecule has 0 bridgehead atoms. The van der Waals surface area contributed by atoms with E-state index in [9.17, 15) is 13.6 Å². The fourth-order valence-corrected chi connectivity index (χ4v) is 1.34. The Morgan fingerprint density at radius 3 is 2.38 bits per heavy atom. The Bertz CT molecular complexity index is 362. The van der Waals surface area contributed by atoms with Crippen molar-refractivity contribution in [2.45, 2.75) is 26.3 Å². The SMILES string of the molecule is CCCC(=O)N(N)Cc1cc(F)cc(F)c1. The van der Waals surface area contributed by atoms with Crippen LogP contribution in [0.15, 0.2) is 18.2 Å². The first-order valence-electron chi connectivity index (χ1n) is 5.03. The summed E-state index contributed by atoms with van der Waals surface area (Å²) in [6, 6.07) is 3.09. The van der Waals surface area contributed by atoms with Gasteiger partial charge in [-0.1, -0.05) is 6.92 Å². The van der Waals surface area contributed by atoms with Gasteiger partial charge in [0.25, 0.3) is 0 Å². The summed E-state index contributed by atoms with van der Waals surface area (Å²) in [6.45, 7) is 1.86. The molecule has 1 aromatic rings. The molecule has 0 atom stereocenters. The molecule has 0 aliphatic rings. The highest BCUT2D eigenvalue weighted by molar-refractivity contribution is 5.75. The number of nitrogens with two attached hydrogens (primary N) is 1. The summed E-state index contributed by atoms with van der Waals surface area (Å²) >= 11 is 0. The van der Waals surface area contributed by atoms with Gasteiger partial charge < -0.3 is 0 Å². The lowest BCUT2D eigenvalue weighted by Crippen LogP contribution is -2.36. The van der Waals surface area contributed by atoms with Gasteiger partial charge in [0.1, 0.15) is 11.6 Å². The Balaban J connectivity index is 2.69. The van der Waals surface area contributed by atoms with Gasteiger partial charge in [0.2, 0.25) is 5.91 Å². The molecule has 0 spiro atoms. The number of halogens is 2. The van der Waals surface area contributed by atoms with E-state index >= 15 is 0 Å². The number of nitrogens with zero attached hydrogens (tertiary/aromatic N) is 1. The van der Waals surface area contributed by atoms with Gasteiger partial charge in [-0.05, 0) is 24.1 Å². The van der Waals surface area contributed by atoms with Crippen LogP contribution in [0.2, 0.25) is 0 Å². The van der Waals surface area contributed by atoms with Crippen molar-refractivity contribution in [2.75, 3.05) is 0 Å². The number of hydrogen-bond acceptors (Lipinski definition) is 2. The van der Waals surface area contributed by atoms with Crippen LogP contribution >= 0.6 is 0 Å². The number of hydrazine groups is 1. The molecule has 0 aliphatic heterocycles. The van der Waals surface area contributed by atoms with Crippen molar-refractivity contribution in [1.82, 2.24) is 5.01 Å². The molecule has 1 rings (SSSR count). The third-order valence-electron chi connectivity index (χ3n) is 2.06. The molecule has 0 aromatic heterocycles. The predicted octanol–water partition coefficient (Wildman–Crippen LogP) is 1.97. The van der Waals surface area contributed by atoms with Crippen molar-refractivity contribution in [3.05, 3.63) is 35.4 Å². The molecule has 0 unspecified atom stereocenters. The minimum Gasteiger partial charge on any atom is -0.276 e. The Kier molecular flexibility index (Phi) is 4.37. The molecule has 16 heavy (non-hydrogen) atoms. The summed E-state index contributed by atoms with van der Waals surface area (Å²) in [5.41, 5.74) is 0.337. The van der Waals surface area contributed by atoms with Gasteiger partial charge in [-0.3, -0.25) is 9.80 Å². The zero-order valence-electron chi connectivity index (χ0n) is 9.04. The smallest absolute Gasteiger partial charge is 0.236 e. The van der Waals surface area contributed by atoms with Gasteiger partial charge >= 0.3 is 0 Å². The Morgan fingerprint density at radius 2 is 1.88 bits per heavy atom.